The molecule has 2 rings (SSSR count). The average molecular weight is 266 g/mol. The van der Waals surface area contributed by atoms with E-state index in [9.17, 15) is 0 Å². The number of aromatic nitrogens is 1. The molecule has 1 saturated heterocycles. The number of rotatable bonds is 4. The highest BCUT2D eigenvalue weighted by atomic mass is 16.5. The molecular formula is C12H18N4O3. The lowest BCUT2D eigenvalue weighted by Crippen LogP contribution is -2.27. The van der Waals surface area contributed by atoms with Gasteiger partial charge in [-0.25, -0.2) is 0 Å². The van der Waals surface area contributed by atoms with E-state index in [0.29, 0.717) is 18.7 Å². The number of hydrogen-bond acceptors (Lipinski definition) is 6. The SMILES string of the molecule is COC1CN(c2cnccc2/C(N)=N/O)CC1OC. The zero-order valence-electron chi connectivity index (χ0n) is 11.0. The van der Waals surface area contributed by atoms with Gasteiger partial charge in [0.05, 0.1) is 11.9 Å². The standard InChI is InChI=1S/C12H18N4O3/c1-18-10-6-16(7-11(10)19-2)9-5-14-4-3-8(9)12(13)15-17/h3-5,10-11,17H,6-7H2,1-2H3,(H2,13,15). The number of hydrogen-bond donors (Lipinski definition) is 2. The Morgan fingerprint density at radius 3 is 2.58 bits per heavy atom. The van der Waals surface area contributed by atoms with E-state index in [2.05, 4.69) is 15.0 Å². The summed E-state index contributed by atoms with van der Waals surface area (Å²) in [5.74, 6) is 0.0623. The maximum absolute atomic E-state index is 8.83. The molecule has 1 aliphatic heterocycles. The van der Waals surface area contributed by atoms with Crippen molar-refractivity contribution in [2.45, 2.75) is 12.2 Å². The maximum atomic E-state index is 8.83. The molecule has 1 aromatic rings. The molecule has 0 saturated carbocycles. The van der Waals surface area contributed by atoms with Gasteiger partial charge in [-0.05, 0) is 6.07 Å². The van der Waals surface area contributed by atoms with Gasteiger partial charge in [-0.3, -0.25) is 4.98 Å². The predicted molar refractivity (Wildman–Crippen MR) is 70.6 cm³/mol. The quantitative estimate of drug-likeness (QED) is 0.345. The normalized spacial score (nSPS) is 23.9. The molecule has 3 N–H and O–H groups in total. The fraction of sp³-hybridized carbons (Fsp3) is 0.500. The molecule has 1 fully saturated rings. The first-order chi connectivity index (χ1) is 9.21. The summed E-state index contributed by atoms with van der Waals surface area (Å²) in [6.45, 7) is 1.35. The van der Waals surface area contributed by atoms with Gasteiger partial charge in [0.1, 0.15) is 12.2 Å². The molecule has 7 heteroatoms. The van der Waals surface area contributed by atoms with Crippen LogP contribution in [-0.4, -0.2) is 55.5 Å². The van der Waals surface area contributed by atoms with Gasteiger partial charge >= 0.3 is 0 Å². The van der Waals surface area contributed by atoms with E-state index in [4.69, 9.17) is 20.4 Å². The minimum Gasteiger partial charge on any atom is -0.409 e. The lowest BCUT2D eigenvalue weighted by atomic mass is 10.2. The van der Waals surface area contributed by atoms with E-state index in [1.165, 1.54) is 0 Å². The summed E-state index contributed by atoms with van der Waals surface area (Å²) < 4.78 is 10.8. The zero-order chi connectivity index (χ0) is 13.8. The molecule has 1 aromatic heterocycles. The molecule has 0 aliphatic carbocycles. The fourth-order valence-electron chi connectivity index (χ4n) is 2.30. The van der Waals surface area contributed by atoms with Crippen LogP contribution < -0.4 is 10.6 Å². The molecule has 2 heterocycles. The van der Waals surface area contributed by atoms with Gasteiger partial charge in [0.2, 0.25) is 0 Å². The van der Waals surface area contributed by atoms with Crippen LogP contribution in [0.3, 0.4) is 0 Å². The lowest BCUT2D eigenvalue weighted by Gasteiger charge is -2.20. The van der Waals surface area contributed by atoms with Crippen molar-refractivity contribution in [1.29, 1.82) is 0 Å². The van der Waals surface area contributed by atoms with Crippen LogP contribution in [0.1, 0.15) is 5.56 Å². The second-order valence-electron chi connectivity index (χ2n) is 4.33. The molecule has 19 heavy (non-hydrogen) atoms. The van der Waals surface area contributed by atoms with Crippen LogP contribution in [-0.2, 0) is 9.47 Å². The molecule has 2 unspecified atom stereocenters. The second-order valence-corrected chi connectivity index (χ2v) is 4.33. The molecule has 0 aromatic carbocycles. The van der Waals surface area contributed by atoms with E-state index in [1.807, 2.05) is 0 Å². The van der Waals surface area contributed by atoms with Crippen LogP contribution in [0.4, 0.5) is 5.69 Å². The number of nitrogens with zero attached hydrogens (tertiary/aromatic N) is 3. The number of amidine groups is 1. The largest absolute Gasteiger partial charge is 0.409 e. The summed E-state index contributed by atoms with van der Waals surface area (Å²) in [5, 5.41) is 11.9. The Bertz CT molecular complexity index is 454. The van der Waals surface area contributed by atoms with Gasteiger partial charge in [0.25, 0.3) is 0 Å². The summed E-state index contributed by atoms with van der Waals surface area (Å²) in [5.41, 5.74) is 7.13. The first kappa shape index (κ1) is 13.6. The van der Waals surface area contributed by atoms with Crippen molar-refractivity contribution in [1.82, 2.24) is 4.98 Å². The van der Waals surface area contributed by atoms with Crippen LogP contribution in [0.5, 0.6) is 0 Å². The van der Waals surface area contributed by atoms with Crippen molar-refractivity contribution >= 4 is 11.5 Å². The topological polar surface area (TPSA) is 93.2 Å². The van der Waals surface area contributed by atoms with Crippen LogP contribution in [0.15, 0.2) is 23.6 Å². The van der Waals surface area contributed by atoms with Gasteiger partial charge in [-0.2, -0.15) is 0 Å². The third-order valence-electron chi connectivity index (χ3n) is 3.35. The highest BCUT2D eigenvalue weighted by Gasteiger charge is 2.34. The third kappa shape index (κ3) is 2.61. The number of pyridine rings is 1. The van der Waals surface area contributed by atoms with Gasteiger partial charge < -0.3 is 25.3 Å². The molecule has 0 amide bonds. The zero-order valence-corrected chi connectivity index (χ0v) is 11.0. The van der Waals surface area contributed by atoms with Crippen LogP contribution in [0, 0.1) is 0 Å². The van der Waals surface area contributed by atoms with Crippen LogP contribution >= 0.6 is 0 Å². The predicted octanol–water partition coefficient (Wildman–Crippen LogP) is 0.0261. The fourth-order valence-corrected chi connectivity index (χ4v) is 2.30. The monoisotopic (exact) mass is 266 g/mol. The Balaban J connectivity index is 2.28. The Morgan fingerprint density at radius 1 is 1.42 bits per heavy atom. The molecule has 0 bridgehead atoms. The summed E-state index contributed by atoms with van der Waals surface area (Å²) in [7, 11) is 3.32. The number of oxime groups is 1. The molecular weight excluding hydrogens is 248 g/mol. The number of anilines is 1. The lowest BCUT2D eigenvalue weighted by molar-refractivity contribution is -0.00461. The smallest absolute Gasteiger partial charge is 0.172 e. The van der Waals surface area contributed by atoms with Gasteiger partial charge in [0, 0.05) is 39.1 Å². The van der Waals surface area contributed by atoms with Crippen LogP contribution in [0.25, 0.3) is 0 Å². The van der Waals surface area contributed by atoms with Crippen molar-refractivity contribution in [3.63, 3.8) is 0 Å². The molecule has 0 radical (unpaired) electrons. The number of methoxy groups -OCH3 is 2. The van der Waals surface area contributed by atoms with Crippen molar-refractivity contribution in [2.75, 3.05) is 32.2 Å². The molecule has 1 aliphatic rings. The van der Waals surface area contributed by atoms with Gasteiger partial charge in [0.15, 0.2) is 5.84 Å². The average Bonchev–Trinajstić information content (AvgIpc) is 2.89. The van der Waals surface area contributed by atoms with Crippen molar-refractivity contribution in [2.24, 2.45) is 10.9 Å². The molecule has 104 valence electrons. The minimum absolute atomic E-state index is 0.00894. The Morgan fingerprint density at radius 2 is 2.05 bits per heavy atom. The second kappa shape index (κ2) is 5.85. The van der Waals surface area contributed by atoms with E-state index < -0.39 is 0 Å². The summed E-state index contributed by atoms with van der Waals surface area (Å²) in [4.78, 5) is 6.15. The first-order valence-electron chi connectivity index (χ1n) is 5.93. The highest BCUT2D eigenvalue weighted by Crippen LogP contribution is 2.25. The Hall–Kier alpha value is -1.86. The Labute approximate surface area is 111 Å². The van der Waals surface area contributed by atoms with Gasteiger partial charge in [-0.1, -0.05) is 5.16 Å². The highest BCUT2D eigenvalue weighted by molar-refractivity contribution is 6.02. The van der Waals surface area contributed by atoms with E-state index >= 15 is 0 Å². The summed E-state index contributed by atoms with van der Waals surface area (Å²) in [6, 6.07) is 1.71. The summed E-state index contributed by atoms with van der Waals surface area (Å²) in [6.07, 6.45) is 3.28. The van der Waals surface area contributed by atoms with E-state index in [-0.39, 0.29) is 18.0 Å². The first-order valence-corrected chi connectivity index (χ1v) is 5.93. The molecule has 7 nitrogen and oxygen atoms in total. The van der Waals surface area contributed by atoms with Crippen molar-refractivity contribution in [3.05, 3.63) is 24.0 Å². The van der Waals surface area contributed by atoms with Crippen LogP contribution in [0.2, 0.25) is 0 Å². The third-order valence-corrected chi connectivity index (χ3v) is 3.35. The van der Waals surface area contributed by atoms with Crippen molar-refractivity contribution in [3.8, 4) is 0 Å². The summed E-state index contributed by atoms with van der Waals surface area (Å²) >= 11 is 0. The minimum atomic E-state index is -0.00894. The van der Waals surface area contributed by atoms with E-state index in [1.54, 1.807) is 32.7 Å². The maximum Gasteiger partial charge on any atom is 0.172 e. The van der Waals surface area contributed by atoms with Gasteiger partial charge in [-0.15, -0.1) is 0 Å². The number of nitrogens with two attached hydrogens (primary N) is 1. The Kier molecular flexibility index (Phi) is 4.18. The molecule has 2 atom stereocenters. The number of ether oxygens (including phenoxy) is 2. The van der Waals surface area contributed by atoms with E-state index in [0.717, 1.165) is 5.69 Å². The van der Waals surface area contributed by atoms with Crippen molar-refractivity contribution < 1.29 is 14.7 Å². The molecule has 0 spiro atoms.